The Morgan fingerprint density at radius 1 is 0.946 bits per heavy atom. The maximum Gasteiger partial charge on any atom is 0.300 e. The first-order valence-corrected chi connectivity index (χ1v) is 12.1. The zero-order chi connectivity index (χ0) is 26.7. The van der Waals surface area contributed by atoms with Crippen molar-refractivity contribution in [1.29, 1.82) is 0 Å². The summed E-state index contributed by atoms with van der Waals surface area (Å²) in [4.78, 5) is 28.4. The van der Waals surface area contributed by atoms with Gasteiger partial charge in [0.1, 0.15) is 23.0 Å². The van der Waals surface area contributed by atoms with Crippen molar-refractivity contribution in [2.75, 3.05) is 25.7 Å². The predicted molar refractivity (Wildman–Crippen MR) is 142 cm³/mol. The molecule has 0 aliphatic carbocycles. The van der Waals surface area contributed by atoms with E-state index in [9.17, 15) is 14.7 Å². The molecular formula is C30H31NO6. The second kappa shape index (κ2) is 10.8. The Bertz CT molecular complexity index is 1340. The van der Waals surface area contributed by atoms with Gasteiger partial charge in [0.25, 0.3) is 11.7 Å². The first kappa shape index (κ1) is 25.8. The molecule has 0 radical (unpaired) electrons. The number of rotatable bonds is 8. The lowest BCUT2D eigenvalue weighted by Crippen LogP contribution is -2.29. The lowest BCUT2D eigenvalue weighted by Gasteiger charge is -2.27. The van der Waals surface area contributed by atoms with E-state index in [1.165, 1.54) is 19.1 Å². The van der Waals surface area contributed by atoms with Crippen LogP contribution in [0.25, 0.3) is 5.76 Å². The van der Waals surface area contributed by atoms with Gasteiger partial charge in [-0.15, -0.1) is 0 Å². The van der Waals surface area contributed by atoms with Gasteiger partial charge in [0.15, 0.2) is 0 Å². The molecule has 3 aromatic carbocycles. The number of carbonyl (C=O) groups is 2. The number of hydrogen-bond acceptors (Lipinski definition) is 6. The van der Waals surface area contributed by atoms with E-state index < -0.39 is 17.7 Å². The van der Waals surface area contributed by atoms with Crippen LogP contribution in [0.4, 0.5) is 5.69 Å². The van der Waals surface area contributed by atoms with Crippen molar-refractivity contribution in [1.82, 2.24) is 0 Å². The highest BCUT2D eigenvalue weighted by molar-refractivity contribution is 6.51. The summed E-state index contributed by atoms with van der Waals surface area (Å²) in [5.74, 6) is 0.0143. The predicted octanol–water partition coefficient (Wildman–Crippen LogP) is 5.67. The van der Waals surface area contributed by atoms with Gasteiger partial charge < -0.3 is 19.3 Å². The molecule has 1 fully saturated rings. The molecule has 7 heteroatoms. The molecule has 0 saturated carbocycles. The number of ether oxygens (including phenoxy) is 3. The summed E-state index contributed by atoms with van der Waals surface area (Å²) in [6.45, 7) is 6.60. The molecule has 0 bridgehead atoms. The average Bonchev–Trinajstić information content (AvgIpc) is 3.17. The van der Waals surface area contributed by atoms with Crippen molar-refractivity contribution in [3.8, 4) is 17.2 Å². The molecule has 1 saturated heterocycles. The second-order valence-corrected chi connectivity index (χ2v) is 9.29. The Balaban J connectivity index is 1.89. The van der Waals surface area contributed by atoms with Crippen LogP contribution in [0.2, 0.25) is 0 Å². The molecule has 0 aromatic heterocycles. The minimum atomic E-state index is -0.848. The Labute approximate surface area is 216 Å². The number of Topliss-reactive ketones (excluding diaryl/α,β-unsaturated/α-hetero) is 1. The molecule has 1 aliphatic heterocycles. The molecule has 1 unspecified atom stereocenters. The van der Waals surface area contributed by atoms with Gasteiger partial charge in [0, 0.05) is 5.69 Å². The number of aryl methyl sites for hydroxylation is 1. The lowest BCUT2D eigenvalue weighted by atomic mass is 9.92. The van der Waals surface area contributed by atoms with Crippen LogP contribution >= 0.6 is 0 Å². The van der Waals surface area contributed by atoms with E-state index in [0.717, 1.165) is 11.1 Å². The number of anilines is 1. The molecule has 7 nitrogen and oxygen atoms in total. The minimum Gasteiger partial charge on any atom is -0.507 e. The molecule has 37 heavy (non-hydrogen) atoms. The zero-order valence-corrected chi connectivity index (χ0v) is 21.6. The minimum absolute atomic E-state index is 0.0222. The van der Waals surface area contributed by atoms with E-state index in [2.05, 4.69) is 13.8 Å². The molecule has 0 spiro atoms. The molecule has 1 N–H and O–H groups in total. The second-order valence-electron chi connectivity index (χ2n) is 9.29. The first-order chi connectivity index (χ1) is 17.8. The van der Waals surface area contributed by atoms with Gasteiger partial charge in [-0.1, -0.05) is 38.1 Å². The van der Waals surface area contributed by atoms with Crippen molar-refractivity contribution in [3.05, 3.63) is 89.0 Å². The third kappa shape index (κ3) is 5.03. The number of aliphatic hydroxyl groups is 1. The number of aliphatic hydroxyl groups excluding tert-OH is 1. The first-order valence-electron chi connectivity index (χ1n) is 12.1. The van der Waals surface area contributed by atoms with E-state index in [1.54, 1.807) is 42.5 Å². The number of methoxy groups -OCH3 is 2. The summed E-state index contributed by atoms with van der Waals surface area (Å²) in [6, 6.07) is 18.6. The van der Waals surface area contributed by atoms with E-state index in [4.69, 9.17) is 14.2 Å². The third-order valence-corrected chi connectivity index (χ3v) is 6.29. The highest BCUT2D eigenvalue weighted by Crippen LogP contribution is 2.44. The van der Waals surface area contributed by atoms with Gasteiger partial charge >= 0.3 is 0 Å². The molecular weight excluding hydrogens is 470 g/mol. The van der Waals surface area contributed by atoms with Gasteiger partial charge in [-0.3, -0.25) is 14.5 Å². The average molecular weight is 502 g/mol. The number of ketones is 1. The van der Waals surface area contributed by atoms with E-state index in [0.29, 0.717) is 35.5 Å². The number of amides is 1. The summed E-state index contributed by atoms with van der Waals surface area (Å²) in [5, 5.41) is 11.5. The highest BCUT2D eigenvalue weighted by Gasteiger charge is 2.47. The van der Waals surface area contributed by atoms with Crippen molar-refractivity contribution >= 4 is 23.1 Å². The number of carbonyl (C=O) groups excluding carboxylic acids is 2. The van der Waals surface area contributed by atoms with Gasteiger partial charge in [-0.05, 0) is 66.4 Å². The quantitative estimate of drug-likeness (QED) is 0.243. The Morgan fingerprint density at radius 2 is 1.62 bits per heavy atom. The normalized spacial score (nSPS) is 16.8. The SMILES string of the molecule is COc1ccc(OC)c(/C(O)=C2\C(=O)C(=O)N(c3ccc(OCC(C)C)cc3)C2c2ccccc2C)c1. The Kier molecular flexibility index (Phi) is 7.53. The molecule has 1 heterocycles. The van der Waals surface area contributed by atoms with Crippen LogP contribution in [0.5, 0.6) is 17.2 Å². The van der Waals surface area contributed by atoms with Crippen molar-refractivity contribution in [2.24, 2.45) is 5.92 Å². The molecule has 1 atom stereocenters. The molecule has 4 rings (SSSR count). The summed E-state index contributed by atoms with van der Waals surface area (Å²) < 4.78 is 16.5. The Hall–Kier alpha value is -4.26. The van der Waals surface area contributed by atoms with Gasteiger partial charge in [-0.25, -0.2) is 0 Å². The standard InChI is InChI=1S/C30H31NO6/c1-18(2)17-37-21-12-10-20(11-13-21)31-27(23-9-7-6-8-19(23)3)26(29(33)30(31)34)28(32)24-16-22(35-4)14-15-25(24)36-5/h6-16,18,27,32H,17H2,1-5H3/b28-26+. The van der Waals surface area contributed by atoms with Crippen LogP contribution in [0.3, 0.4) is 0 Å². The van der Waals surface area contributed by atoms with Crippen LogP contribution in [-0.2, 0) is 9.59 Å². The van der Waals surface area contributed by atoms with E-state index >= 15 is 0 Å². The third-order valence-electron chi connectivity index (χ3n) is 6.29. The van der Waals surface area contributed by atoms with E-state index in [1.807, 2.05) is 31.2 Å². The van der Waals surface area contributed by atoms with Crippen molar-refractivity contribution in [2.45, 2.75) is 26.8 Å². The Morgan fingerprint density at radius 3 is 2.24 bits per heavy atom. The lowest BCUT2D eigenvalue weighted by molar-refractivity contribution is -0.132. The largest absolute Gasteiger partial charge is 0.507 e. The summed E-state index contributed by atoms with van der Waals surface area (Å²) in [7, 11) is 2.98. The molecule has 1 aliphatic rings. The van der Waals surface area contributed by atoms with Gasteiger partial charge in [-0.2, -0.15) is 0 Å². The maximum atomic E-state index is 13.5. The topological polar surface area (TPSA) is 85.3 Å². The molecule has 192 valence electrons. The van der Waals surface area contributed by atoms with Crippen LogP contribution in [-0.4, -0.2) is 37.6 Å². The summed E-state index contributed by atoms with van der Waals surface area (Å²) >= 11 is 0. The van der Waals surface area contributed by atoms with Crippen LogP contribution in [0.15, 0.2) is 72.3 Å². The smallest absolute Gasteiger partial charge is 0.300 e. The zero-order valence-electron chi connectivity index (χ0n) is 21.6. The molecule has 3 aromatic rings. The fraction of sp³-hybridized carbons (Fsp3) is 0.267. The summed E-state index contributed by atoms with van der Waals surface area (Å²) in [6.07, 6.45) is 0. The van der Waals surface area contributed by atoms with Crippen LogP contribution in [0.1, 0.15) is 36.6 Å². The molecule has 1 amide bonds. The van der Waals surface area contributed by atoms with Crippen molar-refractivity contribution in [3.63, 3.8) is 0 Å². The maximum absolute atomic E-state index is 13.5. The monoisotopic (exact) mass is 501 g/mol. The van der Waals surface area contributed by atoms with Gasteiger partial charge in [0.2, 0.25) is 0 Å². The summed E-state index contributed by atoms with van der Waals surface area (Å²) in [5.41, 5.74) is 2.36. The van der Waals surface area contributed by atoms with Crippen molar-refractivity contribution < 1.29 is 28.9 Å². The number of hydrogen-bond donors (Lipinski definition) is 1. The highest BCUT2D eigenvalue weighted by atomic mass is 16.5. The van der Waals surface area contributed by atoms with Crippen LogP contribution < -0.4 is 19.1 Å². The van der Waals surface area contributed by atoms with E-state index in [-0.39, 0.29) is 16.9 Å². The fourth-order valence-corrected chi connectivity index (χ4v) is 4.40. The van der Waals surface area contributed by atoms with Gasteiger partial charge in [0.05, 0.1) is 38.0 Å². The number of nitrogens with zero attached hydrogens (tertiary/aromatic N) is 1. The number of benzene rings is 3. The fourth-order valence-electron chi connectivity index (χ4n) is 4.40. The van der Waals surface area contributed by atoms with Crippen LogP contribution in [0, 0.1) is 12.8 Å².